The summed E-state index contributed by atoms with van der Waals surface area (Å²) in [5.74, 6) is 0.396. The Morgan fingerprint density at radius 1 is 1.55 bits per heavy atom. The molecule has 0 saturated carbocycles. The van der Waals surface area contributed by atoms with E-state index in [1.165, 1.54) is 18.4 Å². The number of aryl methyl sites for hydroxylation is 1. The lowest BCUT2D eigenvalue weighted by Crippen LogP contribution is -1.87. The maximum Gasteiger partial charge on any atom is 0.161 e. The van der Waals surface area contributed by atoms with E-state index in [0.717, 1.165) is 10.2 Å². The molecule has 0 aliphatic rings. The normalized spacial score (nSPS) is 11.2. The summed E-state index contributed by atoms with van der Waals surface area (Å²) < 4.78 is 5.75. The lowest BCUT2D eigenvalue weighted by molar-refractivity contribution is 0.373. The number of aromatic hydroxyl groups is 1. The highest BCUT2D eigenvalue weighted by atomic mass is 79.9. The summed E-state index contributed by atoms with van der Waals surface area (Å²) in [4.78, 5) is 4.29. The summed E-state index contributed by atoms with van der Waals surface area (Å²) in [6.07, 6.45) is 1.68. The van der Waals surface area contributed by atoms with Crippen LogP contribution < -0.4 is 4.74 Å². The van der Waals surface area contributed by atoms with E-state index < -0.39 is 0 Å². The molecule has 0 atom stereocenters. The molecule has 0 bridgehead atoms. The third-order valence-electron chi connectivity index (χ3n) is 2.57. The molecule has 6 heteroatoms. The average molecular weight is 351 g/mol. The first-order valence-corrected chi connectivity index (χ1v) is 7.33. The molecule has 1 aromatic heterocycles. The van der Waals surface area contributed by atoms with Crippen molar-refractivity contribution < 1.29 is 9.84 Å². The Balaban J connectivity index is 2.48. The van der Waals surface area contributed by atoms with Gasteiger partial charge in [-0.3, -0.25) is 0 Å². The number of thiazole rings is 1. The molecule has 2 rings (SSSR count). The molecule has 0 aliphatic carbocycles. The number of nitrogens with zero attached hydrogens (tertiary/aromatic N) is 2. The molecule has 0 radical (unpaired) electrons. The van der Waals surface area contributed by atoms with E-state index in [2.05, 4.69) is 27.0 Å². The lowest BCUT2D eigenvalue weighted by Gasteiger charge is -2.06. The zero-order valence-corrected chi connectivity index (χ0v) is 13.2. The van der Waals surface area contributed by atoms with Crippen LogP contribution in [0, 0.1) is 18.3 Å². The Morgan fingerprint density at radius 2 is 2.30 bits per heavy atom. The molecule has 20 heavy (non-hydrogen) atoms. The van der Waals surface area contributed by atoms with Gasteiger partial charge in [0, 0.05) is 15.5 Å². The van der Waals surface area contributed by atoms with E-state index in [-0.39, 0.29) is 5.75 Å². The van der Waals surface area contributed by atoms with Crippen molar-refractivity contribution in [1.82, 2.24) is 4.98 Å². The Hall–Kier alpha value is -1.84. The smallest absolute Gasteiger partial charge is 0.161 e. The minimum Gasteiger partial charge on any atom is -0.504 e. The Kier molecular flexibility index (Phi) is 4.42. The van der Waals surface area contributed by atoms with Crippen LogP contribution in [-0.2, 0) is 0 Å². The first-order valence-electron chi connectivity index (χ1n) is 5.66. The van der Waals surface area contributed by atoms with E-state index in [9.17, 15) is 10.4 Å². The fraction of sp³-hybridized carbons (Fsp3) is 0.143. The van der Waals surface area contributed by atoms with Gasteiger partial charge in [0.15, 0.2) is 11.5 Å². The van der Waals surface area contributed by atoms with Crippen molar-refractivity contribution >= 4 is 38.9 Å². The van der Waals surface area contributed by atoms with Gasteiger partial charge in [-0.05, 0) is 30.7 Å². The van der Waals surface area contributed by atoms with Crippen LogP contribution in [0.5, 0.6) is 11.5 Å². The zero-order valence-electron chi connectivity index (χ0n) is 10.8. The van der Waals surface area contributed by atoms with Crippen LogP contribution >= 0.6 is 27.3 Å². The topological polar surface area (TPSA) is 66.1 Å². The molecule has 1 heterocycles. The standard InChI is InChI=1S/C14H11BrN2O2S/c1-8-7-20-14(17-8)10(6-16)3-9-4-12(18)13(19-2)5-11(9)15/h3-5,7,18H,1-2H3/b10-3+. The van der Waals surface area contributed by atoms with Crippen molar-refractivity contribution in [3.63, 3.8) is 0 Å². The van der Waals surface area contributed by atoms with E-state index >= 15 is 0 Å². The van der Waals surface area contributed by atoms with Gasteiger partial charge in [-0.1, -0.05) is 15.9 Å². The molecule has 102 valence electrons. The molecule has 0 unspecified atom stereocenters. The number of phenols is 1. The largest absolute Gasteiger partial charge is 0.504 e. The maximum atomic E-state index is 9.81. The minimum absolute atomic E-state index is 0.0227. The average Bonchev–Trinajstić information content (AvgIpc) is 2.85. The monoisotopic (exact) mass is 350 g/mol. The number of nitriles is 1. The number of hydrogen-bond acceptors (Lipinski definition) is 5. The van der Waals surface area contributed by atoms with Crippen LogP contribution in [0.4, 0.5) is 0 Å². The summed E-state index contributed by atoms with van der Waals surface area (Å²) in [5, 5.41) is 21.6. The number of methoxy groups -OCH3 is 1. The second-order valence-corrected chi connectivity index (χ2v) is 5.72. The molecular formula is C14H11BrN2O2S. The van der Waals surface area contributed by atoms with Crippen molar-refractivity contribution in [2.24, 2.45) is 0 Å². The van der Waals surface area contributed by atoms with Crippen LogP contribution in [0.1, 0.15) is 16.3 Å². The molecule has 2 aromatic rings. The Morgan fingerprint density at radius 3 is 2.85 bits per heavy atom. The Bertz CT molecular complexity index is 716. The molecule has 0 spiro atoms. The summed E-state index contributed by atoms with van der Waals surface area (Å²) in [6, 6.07) is 5.33. The van der Waals surface area contributed by atoms with Gasteiger partial charge in [-0.15, -0.1) is 11.3 Å². The number of allylic oxidation sites excluding steroid dienone is 1. The van der Waals surface area contributed by atoms with Crippen molar-refractivity contribution in [2.45, 2.75) is 6.92 Å². The molecule has 0 fully saturated rings. The van der Waals surface area contributed by atoms with E-state index in [4.69, 9.17) is 4.74 Å². The minimum atomic E-state index is 0.0227. The van der Waals surface area contributed by atoms with Crippen LogP contribution in [0.2, 0.25) is 0 Å². The van der Waals surface area contributed by atoms with E-state index in [0.29, 0.717) is 21.9 Å². The van der Waals surface area contributed by atoms with Crippen LogP contribution in [0.15, 0.2) is 22.0 Å². The van der Waals surface area contributed by atoms with Gasteiger partial charge in [0.2, 0.25) is 0 Å². The molecular weight excluding hydrogens is 340 g/mol. The highest BCUT2D eigenvalue weighted by Crippen LogP contribution is 2.34. The second kappa shape index (κ2) is 6.07. The van der Waals surface area contributed by atoms with Crippen molar-refractivity contribution in [1.29, 1.82) is 5.26 Å². The highest BCUT2D eigenvalue weighted by Gasteiger charge is 2.10. The van der Waals surface area contributed by atoms with Gasteiger partial charge in [0.25, 0.3) is 0 Å². The number of halogens is 1. The van der Waals surface area contributed by atoms with Crippen molar-refractivity contribution in [3.8, 4) is 17.6 Å². The van der Waals surface area contributed by atoms with E-state index in [1.54, 1.807) is 18.2 Å². The zero-order chi connectivity index (χ0) is 14.7. The summed E-state index contributed by atoms with van der Waals surface area (Å²) in [6.45, 7) is 1.88. The van der Waals surface area contributed by atoms with Crippen molar-refractivity contribution in [3.05, 3.63) is 38.3 Å². The van der Waals surface area contributed by atoms with Gasteiger partial charge in [0.05, 0.1) is 12.7 Å². The molecule has 4 nitrogen and oxygen atoms in total. The van der Waals surface area contributed by atoms with Crippen LogP contribution in [0.25, 0.3) is 11.6 Å². The number of ether oxygens (including phenoxy) is 1. The van der Waals surface area contributed by atoms with Crippen LogP contribution in [0.3, 0.4) is 0 Å². The second-order valence-electron chi connectivity index (χ2n) is 4.01. The fourth-order valence-corrected chi connectivity index (χ4v) is 2.81. The maximum absolute atomic E-state index is 9.81. The van der Waals surface area contributed by atoms with E-state index in [1.807, 2.05) is 12.3 Å². The van der Waals surface area contributed by atoms with Gasteiger partial charge in [-0.2, -0.15) is 5.26 Å². The van der Waals surface area contributed by atoms with Crippen LogP contribution in [-0.4, -0.2) is 17.2 Å². The van der Waals surface area contributed by atoms with Gasteiger partial charge >= 0.3 is 0 Å². The number of rotatable bonds is 3. The molecule has 0 amide bonds. The van der Waals surface area contributed by atoms with Crippen molar-refractivity contribution in [2.75, 3.05) is 7.11 Å². The number of benzene rings is 1. The van der Waals surface area contributed by atoms with Gasteiger partial charge in [0.1, 0.15) is 11.1 Å². The quantitative estimate of drug-likeness (QED) is 0.849. The third-order valence-corrected chi connectivity index (χ3v) is 4.25. The molecule has 1 aromatic carbocycles. The summed E-state index contributed by atoms with van der Waals surface area (Å²) >= 11 is 4.81. The predicted octanol–water partition coefficient (Wildman–Crippen LogP) is 3.99. The first kappa shape index (κ1) is 14.6. The number of aromatic nitrogens is 1. The summed E-state index contributed by atoms with van der Waals surface area (Å²) in [7, 11) is 1.48. The van der Waals surface area contributed by atoms with Gasteiger partial charge < -0.3 is 9.84 Å². The molecule has 0 saturated heterocycles. The molecule has 0 aliphatic heterocycles. The fourth-order valence-electron chi connectivity index (χ4n) is 1.61. The number of hydrogen-bond donors (Lipinski definition) is 1. The SMILES string of the molecule is COc1cc(Br)c(/C=C(\C#N)c2nc(C)cs2)cc1O. The predicted molar refractivity (Wildman–Crippen MR) is 82.7 cm³/mol. The molecule has 1 N–H and O–H groups in total. The number of phenolic OH excluding ortho intramolecular Hbond substituents is 1. The third kappa shape index (κ3) is 3.00. The van der Waals surface area contributed by atoms with Gasteiger partial charge in [-0.25, -0.2) is 4.98 Å². The summed E-state index contributed by atoms with van der Waals surface area (Å²) in [5.41, 5.74) is 2.02. The highest BCUT2D eigenvalue weighted by molar-refractivity contribution is 9.10. The first-order chi connectivity index (χ1) is 9.55. The lowest BCUT2D eigenvalue weighted by atomic mass is 10.1. The Labute approximate surface area is 129 Å².